The molecule has 2 heterocycles. The number of benzene rings is 1. The van der Waals surface area contributed by atoms with E-state index in [1.54, 1.807) is 30.7 Å². The number of nitrogens with two attached hydrogens (primary N) is 1. The number of hydrogen-bond donors (Lipinski definition) is 1. The molecule has 24 heavy (non-hydrogen) atoms. The van der Waals surface area contributed by atoms with E-state index in [0.717, 1.165) is 44.5 Å². The van der Waals surface area contributed by atoms with Gasteiger partial charge in [-0.25, -0.2) is 9.66 Å². The summed E-state index contributed by atoms with van der Waals surface area (Å²) in [6, 6.07) is 5.66. The lowest BCUT2D eigenvalue weighted by atomic mass is 10.1. The highest BCUT2D eigenvalue weighted by atomic mass is 32.2. The largest absolute Gasteiger partial charge is 0.497 e. The zero-order valence-corrected chi connectivity index (χ0v) is 15.0. The Bertz CT molecular complexity index is 892. The normalized spacial score (nSPS) is 11.0. The van der Waals surface area contributed by atoms with Crippen molar-refractivity contribution >= 4 is 22.8 Å². The van der Waals surface area contributed by atoms with E-state index in [1.807, 2.05) is 38.2 Å². The first-order valence-electron chi connectivity index (χ1n) is 7.48. The quantitative estimate of drug-likeness (QED) is 0.566. The molecule has 0 aliphatic heterocycles. The molecule has 0 saturated heterocycles. The SMILES string of the molecule is COc1ccc2nc(SCc3ncc(C)c(OC)c3C)n(N)c2c1. The number of aryl methyl sites for hydroxylation is 1. The van der Waals surface area contributed by atoms with Gasteiger partial charge in [-0.2, -0.15) is 0 Å². The third-order valence-electron chi connectivity index (χ3n) is 3.95. The number of thioether (sulfide) groups is 1. The van der Waals surface area contributed by atoms with Crippen molar-refractivity contribution < 1.29 is 9.47 Å². The molecular weight excluding hydrogens is 324 g/mol. The fraction of sp³-hybridized carbons (Fsp3) is 0.294. The molecule has 0 aliphatic rings. The molecule has 1 aromatic carbocycles. The summed E-state index contributed by atoms with van der Waals surface area (Å²) in [5.41, 5.74) is 4.72. The minimum Gasteiger partial charge on any atom is -0.497 e. The fourth-order valence-corrected chi connectivity index (χ4v) is 3.59. The maximum atomic E-state index is 6.18. The average Bonchev–Trinajstić information content (AvgIpc) is 2.90. The zero-order valence-electron chi connectivity index (χ0n) is 14.2. The molecule has 0 radical (unpaired) electrons. The Hall–Kier alpha value is -2.41. The van der Waals surface area contributed by atoms with Gasteiger partial charge in [0.05, 0.1) is 30.9 Å². The first-order valence-corrected chi connectivity index (χ1v) is 8.47. The van der Waals surface area contributed by atoms with Crippen LogP contribution in [0.1, 0.15) is 16.8 Å². The minimum absolute atomic E-state index is 0.667. The van der Waals surface area contributed by atoms with Crippen LogP contribution in [0.2, 0.25) is 0 Å². The van der Waals surface area contributed by atoms with Crippen LogP contribution in [0.5, 0.6) is 11.5 Å². The van der Waals surface area contributed by atoms with Gasteiger partial charge in [-0.1, -0.05) is 11.8 Å². The van der Waals surface area contributed by atoms with Gasteiger partial charge in [0, 0.05) is 29.1 Å². The van der Waals surface area contributed by atoms with Crippen LogP contribution in [0.25, 0.3) is 11.0 Å². The van der Waals surface area contributed by atoms with E-state index in [0.29, 0.717) is 5.75 Å². The van der Waals surface area contributed by atoms with Crippen LogP contribution < -0.4 is 15.3 Å². The number of methoxy groups -OCH3 is 2. The highest BCUT2D eigenvalue weighted by molar-refractivity contribution is 7.98. The molecule has 0 spiro atoms. The first kappa shape index (κ1) is 16.4. The topological polar surface area (TPSA) is 75.2 Å². The van der Waals surface area contributed by atoms with E-state index in [9.17, 15) is 0 Å². The number of rotatable bonds is 5. The molecule has 3 aromatic rings. The van der Waals surface area contributed by atoms with Crippen LogP contribution in [-0.2, 0) is 5.75 Å². The Labute approximate surface area is 145 Å². The molecule has 126 valence electrons. The summed E-state index contributed by atoms with van der Waals surface area (Å²) in [5.74, 6) is 8.48. The van der Waals surface area contributed by atoms with Crippen LogP contribution >= 0.6 is 11.8 Å². The van der Waals surface area contributed by atoms with E-state index in [1.165, 1.54) is 0 Å². The van der Waals surface area contributed by atoms with Gasteiger partial charge in [0.1, 0.15) is 11.5 Å². The molecular formula is C17H20N4O2S. The Morgan fingerprint density at radius 3 is 2.71 bits per heavy atom. The summed E-state index contributed by atoms with van der Waals surface area (Å²) in [4.78, 5) is 9.09. The Balaban J connectivity index is 1.87. The molecule has 0 atom stereocenters. The predicted molar refractivity (Wildman–Crippen MR) is 96.3 cm³/mol. The van der Waals surface area contributed by atoms with E-state index in [2.05, 4.69) is 9.97 Å². The van der Waals surface area contributed by atoms with Crippen LogP contribution in [0.4, 0.5) is 0 Å². The minimum atomic E-state index is 0.667. The lowest BCUT2D eigenvalue weighted by Gasteiger charge is -2.11. The van der Waals surface area contributed by atoms with Gasteiger partial charge in [-0.15, -0.1) is 0 Å². The Kier molecular flexibility index (Phi) is 4.53. The van der Waals surface area contributed by atoms with E-state index in [4.69, 9.17) is 15.3 Å². The van der Waals surface area contributed by atoms with Gasteiger partial charge in [0.2, 0.25) is 0 Å². The number of fused-ring (bicyclic) bond motifs is 1. The maximum Gasteiger partial charge on any atom is 0.188 e. The summed E-state index contributed by atoms with van der Waals surface area (Å²) < 4.78 is 12.3. The van der Waals surface area contributed by atoms with E-state index >= 15 is 0 Å². The van der Waals surface area contributed by atoms with Gasteiger partial charge in [0.15, 0.2) is 5.16 Å². The first-order chi connectivity index (χ1) is 11.5. The molecule has 0 saturated carbocycles. The second-order valence-corrected chi connectivity index (χ2v) is 6.40. The van der Waals surface area contributed by atoms with Gasteiger partial charge in [0.25, 0.3) is 0 Å². The monoisotopic (exact) mass is 344 g/mol. The Morgan fingerprint density at radius 1 is 1.21 bits per heavy atom. The fourth-order valence-electron chi connectivity index (χ4n) is 2.63. The number of imidazole rings is 1. The average molecular weight is 344 g/mol. The number of pyridine rings is 1. The number of ether oxygens (including phenoxy) is 2. The second-order valence-electron chi connectivity index (χ2n) is 5.45. The Morgan fingerprint density at radius 2 is 2.00 bits per heavy atom. The highest BCUT2D eigenvalue weighted by Gasteiger charge is 2.13. The molecule has 0 aliphatic carbocycles. The number of hydrogen-bond acceptors (Lipinski definition) is 6. The summed E-state index contributed by atoms with van der Waals surface area (Å²) in [5, 5.41) is 0.735. The molecule has 0 fully saturated rings. The van der Waals surface area contributed by atoms with Gasteiger partial charge < -0.3 is 15.3 Å². The zero-order chi connectivity index (χ0) is 17.3. The molecule has 0 bridgehead atoms. The third kappa shape index (κ3) is 2.87. The number of aromatic nitrogens is 3. The van der Waals surface area contributed by atoms with Gasteiger partial charge in [-0.3, -0.25) is 4.98 Å². The summed E-state index contributed by atoms with van der Waals surface area (Å²) in [6.07, 6.45) is 1.83. The molecule has 2 N–H and O–H groups in total. The van der Waals surface area contributed by atoms with Crippen molar-refractivity contribution in [1.29, 1.82) is 0 Å². The molecule has 7 heteroatoms. The van der Waals surface area contributed by atoms with Crippen molar-refractivity contribution in [3.8, 4) is 11.5 Å². The van der Waals surface area contributed by atoms with Crippen LogP contribution in [-0.4, -0.2) is 28.9 Å². The second kappa shape index (κ2) is 6.60. The van der Waals surface area contributed by atoms with Crippen LogP contribution in [0.3, 0.4) is 0 Å². The molecule has 0 amide bonds. The van der Waals surface area contributed by atoms with E-state index < -0.39 is 0 Å². The van der Waals surface area contributed by atoms with Gasteiger partial charge in [-0.05, 0) is 26.0 Å². The predicted octanol–water partition coefficient (Wildman–Crippen LogP) is 3.07. The van der Waals surface area contributed by atoms with Crippen molar-refractivity contribution in [2.75, 3.05) is 20.1 Å². The smallest absolute Gasteiger partial charge is 0.188 e. The van der Waals surface area contributed by atoms with E-state index in [-0.39, 0.29) is 0 Å². The maximum absolute atomic E-state index is 6.18. The highest BCUT2D eigenvalue weighted by Crippen LogP contribution is 2.30. The number of nitrogens with zero attached hydrogens (tertiary/aromatic N) is 3. The molecule has 6 nitrogen and oxygen atoms in total. The number of nitrogen functional groups attached to an aromatic ring is 1. The lowest BCUT2D eigenvalue weighted by molar-refractivity contribution is 0.407. The standard InChI is InChI=1S/C17H20N4O2S/c1-10-8-19-14(11(2)16(10)23-4)9-24-17-20-13-6-5-12(22-3)7-15(13)21(17)18/h5-8H,9,18H2,1-4H3. The summed E-state index contributed by atoms with van der Waals surface area (Å²) in [6.45, 7) is 4.01. The van der Waals surface area contributed by atoms with Crippen molar-refractivity contribution in [1.82, 2.24) is 14.6 Å². The summed E-state index contributed by atoms with van der Waals surface area (Å²) in [7, 11) is 3.31. The van der Waals surface area contributed by atoms with Crippen LogP contribution in [0.15, 0.2) is 29.6 Å². The molecule has 2 aromatic heterocycles. The van der Waals surface area contributed by atoms with Gasteiger partial charge >= 0.3 is 0 Å². The lowest BCUT2D eigenvalue weighted by Crippen LogP contribution is -2.09. The summed E-state index contributed by atoms with van der Waals surface area (Å²) >= 11 is 1.55. The van der Waals surface area contributed by atoms with Crippen molar-refractivity contribution in [3.63, 3.8) is 0 Å². The van der Waals surface area contributed by atoms with Crippen molar-refractivity contribution in [2.45, 2.75) is 24.8 Å². The third-order valence-corrected chi connectivity index (χ3v) is 4.92. The van der Waals surface area contributed by atoms with Crippen molar-refractivity contribution in [2.24, 2.45) is 0 Å². The molecule has 0 unspecified atom stereocenters. The van der Waals surface area contributed by atoms with Crippen molar-refractivity contribution in [3.05, 3.63) is 41.2 Å². The van der Waals surface area contributed by atoms with Crippen LogP contribution in [0, 0.1) is 13.8 Å². The molecule has 3 rings (SSSR count).